The SMILES string of the molecule is C=CCC[C@H]1C(=O)C(C)(C)[C@@H](O)CC(=O)N[C@H](C(Cl)=Cc2ccccn2)CC2OC2(C)CCC[C@H](C)[C@H]1O. The van der Waals surface area contributed by atoms with Crippen LogP contribution < -0.4 is 5.32 Å². The van der Waals surface area contributed by atoms with Crippen LogP contribution in [0.3, 0.4) is 0 Å². The summed E-state index contributed by atoms with van der Waals surface area (Å²) in [4.78, 5) is 31.1. The standard InChI is InChI=1S/C30H43ClN2O5/c1-6-7-13-21-27(36)19(2)11-10-14-30(5)25(38-30)17-23(22(31)16-20-12-8-9-15-32-20)33-26(35)18-24(34)29(3,4)28(21)37/h6,8-9,12,15-16,19,21,23-25,27,34,36H,1,7,10-11,13-14,17-18H2,2-5H3,(H,33,35)/t19-,21+,23-,24-,25?,27+,30?/m0/s1. The zero-order chi connectivity index (χ0) is 28.1. The van der Waals surface area contributed by atoms with E-state index in [1.807, 2.05) is 25.1 Å². The van der Waals surface area contributed by atoms with Gasteiger partial charge in [-0.1, -0.05) is 50.9 Å². The number of nitrogens with one attached hydrogen (secondary N) is 1. The number of halogens is 1. The smallest absolute Gasteiger partial charge is 0.223 e. The molecule has 0 saturated carbocycles. The molecule has 2 aliphatic rings. The average Bonchev–Trinajstić information content (AvgIpc) is 3.51. The van der Waals surface area contributed by atoms with Crippen molar-refractivity contribution in [1.29, 1.82) is 0 Å². The zero-order valence-electron chi connectivity index (χ0n) is 23.0. The van der Waals surface area contributed by atoms with Gasteiger partial charge in [-0.05, 0) is 56.7 Å². The van der Waals surface area contributed by atoms with E-state index in [0.29, 0.717) is 30.0 Å². The fraction of sp³-hybridized carbons (Fsp3) is 0.633. The predicted octanol–water partition coefficient (Wildman–Crippen LogP) is 4.80. The van der Waals surface area contributed by atoms with Crippen molar-refractivity contribution in [3.63, 3.8) is 0 Å². The summed E-state index contributed by atoms with van der Waals surface area (Å²) < 4.78 is 6.07. The highest BCUT2D eigenvalue weighted by Crippen LogP contribution is 2.45. The van der Waals surface area contributed by atoms with Gasteiger partial charge in [0.1, 0.15) is 5.78 Å². The van der Waals surface area contributed by atoms with Gasteiger partial charge in [0.2, 0.25) is 5.91 Å². The number of aliphatic hydroxyl groups is 2. The van der Waals surface area contributed by atoms with E-state index in [4.69, 9.17) is 16.3 Å². The van der Waals surface area contributed by atoms with Crippen LogP contribution in [0, 0.1) is 17.3 Å². The first-order chi connectivity index (χ1) is 17.9. The van der Waals surface area contributed by atoms with E-state index in [1.165, 1.54) is 0 Å². The first-order valence-corrected chi connectivity index (χ1v) is 14.0. The third kappa shape index (κ3) is 7.53. The Hall–Kier alpha value is -2.06. The summed E-state index contributed by atoms with van der Waals surface area (Å²) in [6, 6.07) is 4.97. The van der Waals surface area contributed by atoms with Crippen LogP contribution in [-0.4, -0.2) is 56.8 Å². The Balaban J connectivity index is 1.88. The molecule has 8 heteroatoms. The summed E-state index contributed by atoms with van der Waals surface area (Å²) in [6.45, 7) is 11.1. The Morgan fingerprint density at radius 2 is 2.03 bits per heavy atom. The number of hydrogen-bond donors (Lipinski definition) is 3. The Bertz CT molecular complexity index is 1010. The van der Waals surface area contributed by atoms with Crippen LogP contribution in [0.4, 0.5) is 0 Å². The number of Topliss-reactive ketones (excluding diaryl/α,β-unsaturated/α-hetero) is 1. The molecule has 0 bridgehead atoms. The minimum Gasteiger partial charge on any atom is -0.392 e. The molecule has 1 amide bonds. The van der Waals surface area contributed by atoms with Crippen molar-refractivity contribution < 1.29 is 24.5 Å². The van der Waals surface area contributed by atoms with Crippen LogP contribution in [0.1, 0.15) is 78.3 Å². The first-order valence-electron chi connectivity index (χ1n) is 13.7. The number of nitrogens with zero attached hydrogens (tertiary/aromatic N) is 1. The number of allylic oxidation sites excluding steroid dienone is 1. The zero-order valence-corrected chi connectivity index (χ0v) is 23.8. The molecule has 0 aliphatic carbocycles. The second-order valence-corrected chi connectivity index (χ2v) is 12.1. The van der Waals surface area contributed by atoms with E-state index < -0.39 is 35.5 Å². The van der Waals surface area contributed by atoms with E-state index >= 15 is 0 Å². The monoisotopic (exact) mass is 546 g/mol. The van der Waals surface area contributed by atoms with Crippen LogP contribution in [-0.2, 0) is 14.3 Å². The van der Waals surface area contributed by atoms with Gasteiger partial charge in [0, 0.05) is 23.6 Å². The highest BCUT2D eigenvalue weighted by molar-refractivity contribution is 6.32. The molecular weight excluding hydrogens is 504 g/mol. The van der Waals surface area contributed by atoms with Gasteiger partial charge >= 0.3 is 0 Å². The maximum absolute atomic E-state index is 13.7. The summed E-state index contributed by atoms with van der Waals surface area (Å²) in [6.07, 6.45) is 6.54. The van der Waals surface area contributed by atoms with Gasteiger partial charge in [0.25, 0.3) is 0 Å². The molecule has 2 aliphatic heterocycles. The number of fused-ring (bicyclic) bond motifs is 1. The molecule has 3 N–H and O–H groups in total. The third-order valence-corrected chi connectivity index (χ3v) is 8.69. The summed E-state index contributed by atoms with van der Waals surface area (Å²) >= 11 is 6.70. The third-order valence-electron chi connectivity index (χ3n) is 8.32. The van der Waals surface area contributed by atoms with Crippen LogP contribution in [0.25, 0.3) is 6.08 Å². The number of carbonyl (C=O) groups excluding carboxylic acids is 2. The van der Waals surface area contributed by atoms with Gasteiger partial charge in [-0.3, -0.25) is 14.6 Å². The Morgan fingerprint density at radius 3 is 2.68 bits per heavy atom. The number of ether oxygens (including phenoxy) is 1. The lowest BCUT2D eigenvalue weighted by Gasteiger charge is -2.36. The molecule has 3 heterocycles. The molecule has 3 rings (SSSR count). The maximum atomic E-state index is 13.7. The molecule has 1 aromatic heterocycles. The molecule has 7 nitrogen and oxygen atoms in total. The van der Waals surface area contributed by atoms with Gasteiger partial charge < -0.3 is 20.3 Å². The number of carbonyl (C=O) groups is 2. The molecule has 2 fully saturated rings. The largest absolute Gasteiger partial charge is 0.392 e. The first kappa shape index (κ1) is 30.5. The van der Waals surface area contributed by atoms with Gasteiger partial charge in [0.15, 0.2) is 0 Å². The Kier molecular flexibility index (Phi) is 10.3. The summed E-state index contributed by atoms with van der Waals surface area (Å²) in [7, 11) is 0. The van der Waals surface area contributed by atoms with E-state index in [1.54, 1.807) is 32.2 Å². The lowest BCUT2D eigenvalue weighted by atomic mass is 9.71. The fourth-order valence-corrected chi connectivity index (χ4v) is 5.64. The van der Waals surface area contributed by atoms with Crippen LogP contribution in [0.2, 0.25) is 0 Å². The van der Waals surface area contributed by atoms with Gasteiger partial charge in [0.05, 0.1) is 47.5 Å². The number of epoxide rings is 1. The maximum Gasteiger partial charge on any atom is 0.223 e. The number of ketones is 1. The number of aliphatic hydroxyl groups excluding tert-OH is 2. The summed E-state index contributed by atoms with van der Waals surface area (Å²) in [5.41, 5.74) is -0.905. The molecule has 0 spiro atoms. The van der Waals surface area contributed by atoms with E-state index in [-0.39, 0.29) is 29.8 Å². The summed E-state index contributed by atoms with van der Waals surface area (Å²) in [5.74, 6) is -1.43. The number of aromatic nitrogens is 1. The van der Waals surface area contributed by atoms with Crippen molar-refractivity contribution in [2.24, 2.45) is 17.3 Å². The molecule has 2 saturated heterocycles. The second-order valence-electron chi connectivity index (χ2n) is 11.7. The molecule has 7 atom stereocenters. The number of hydrogen-bond acceptors (Lipinski definition) is 6. The van der Waals surface area contributed by atoms with Gasteiger partial charge in [-0.25, -0.2) is 0 Å². The average molecular weight is 547 g/mol. The quantitative estimate of drug-likeness (QED) is 0.361. The Morgan fingerprint density at radius 1 is 1.29 bits per heavy atom. The van der Waals surface area contributed by atoms with Gasteiger partial charge in [-0.2, -0.15) is 0 Å². The van der Waals surface area contributed by atoms with E-state index in [9.17, 15) is 19.8 Å². The molecule has 0 radical (unpaired) electrons. The van der Waals surface area contributed by atoms with Crippen molar-refractivity contribution in [2.45, 2.75) is 103 Å². The molecule has 2 unspecified atom stereocenters. The predicted molar refractivity (Wildman–Crippen MR) is 149 cm³/mol. The van der Waals surface area contributed by atoms with Crippen LogP contribution in [0.15, 0.2) is 42.1 Å². The van der Waals surface area contributed by atoms with Crippen molar-refractivity contribution in [3.05, 3.63) is 47.8 Å². The highest BCUT2D eigenvalue weighted by Gasteiger charge is 2.52. The minimum absolute atomic E-state index is 0.0879. The fourth-order valence-electron chi connectivity index (χ4n) is 5.39. The topological polar surface area (TPSA) is 112 Å². The van der Waals surface area contributed by atoms with Crippen molar-refractivity contribution in [3.8, 4) is 0 Å². The van der Waals surface area contributed by atoms with Gasteiger partial charge in [-0.15, -0.1) is 6.58 Å². The van der Waals surface area contributed by atoms with Crippen molar-refractivity contribution in [1.82, 2.24) is 10.3 Å². The van der Waals surface area contributed by atoms with E-state index in [0.717, 1.165) is 19.3 Å². The molecule has 1 aromatic rings. The number of rotatable bonds is 5. The lowest BCUT2D eigenvalue weighted by molar-refractivity contribution is -0.144. The Labute approximate surface area is 231 Å². The van der Waals surface area contributed by atoms with Crippen molar-refractivity contribution >= 4 is 29.4 Å². The second kappa shape index (κ2) is 12.9. The molecule has 0 aromatic carbocycles. The number of pyridine rings is 1. The molecule has 210 valence electrons. The van der Waals surface area contributed by atoms with Crippen molar-refractivity contribution in [2.75, 3.05) is 0 Å². The molecule has 38 heavy (non-hydrogen) atoms. The highest BCUT2D eigenvalue weighted by atomic mass is 35.5. The normalized spacial score (nSPS) is 35.2. The number of amides is 1. The van der Waals surface area contributed by atoms with Crippen LogP contribution >= 0.6 is 11.6 Å². The minimum atomic E-state index is -1.24. The molecular formula is C30H43ClN2O5. The summed E-state index contributed by atoms with van der Waals surface area (Å²) in [5, 5.41) is 25.7. The lowest BCUT2D eigenvalue weighted by Crippen LogP contribution is -2.48. The van der Waals surface area contributed by atoms with E-state index in [2.05, 4.69) is 23.8 Å². The van der Waals surface area contributed by atoms with Crippen LogP contribution in [0.5, 0.6) is 0 Å².